The summed E-state index contributed by atoms with van der Waals surface area (Å²) in [7, 11) is 1.63. The maximum absolute atomic E-state index is 13.5. The van der Waals surface area contributed by atoms with Gasteiger partial charge in [-0.15, -0.1) is 0 Å². The Labute approximate surface area is 93.7 Å². The monoisotopic (exact) mass is 231 g/mol. The van der Waals surface area contributed by atoms with Gasteiger partial charge in [-0.3, -0.25) is 0 Å². The van der Waals surface area contributed by atoms with Gasteiger partial charge in [-0.25, -0.2) is 13.2 Å². The zero-order valence-electron chi connectivity index (χ0n) is 9.65. The summed E-state index contributed by atoms with van der Waals surface area (Å²) in [4.78, 5) is 0. The van der Waals surface area contributed by atoms with Gasteiger partial charge in [0.15, 0.2) is 0 Å². The summed E-state index contributed by atoms with van der Waals surface area (Å²) in [5, 5.41) is 2.85. The molecule has 1 aromatic rings. The topological polar surface area (TPSA) is 12.0 Å². The molecule has 0 aromatic heterocycles. The van der Waals surface area contributed by atoms with Crippen molar-refractivity contribution in [3.05, 3.63) is 35.1 Å². The maximum Gasteiger partial charge on any atom is 0.133 e. The second-order valence-electron chi connectivity index (χ2n) is 4.25. The molecule has 0 amide bonds. The fourth-order valence-corrected chi connectivity index (χ4v) is 1.74. The first kappa shape index (κ1) is 13.0. The molecular formula is C12H16F3N. The van der Waals surface area contributed by atoms with Gasteiger partial charge in [-0.1, -0.05) is 13.8 Å². The minimum Gasteiger partial charge on any atom is -0.313 e. The lowest BCUT2D eigenvalue weighted by Gasteiger charge is -2.20. The molecule has 0 saturated carbocycles. The van der Waals surface area contributed by atoms with E-state index in [0.717, 1.165) is 0 Å². The number of hydrogen-bond donors (Lipinski definition) is 1. The van der Waals surface area contributed by atoms with Crippen LogP contribution in [0.5, 0.6) is 0 Å². The molecule has 0 aliphatic carbocycles. The Morgan fingerprint density at radius 2 is 1.62 bits per heavy atom. The van der Waals surface area contributed by atoms with Crippen molar-refractivity contribution in [3.63, 3.8) is 0 Å². The quantitative estimate of drug-likeness (QED) is 0.837. The highest BCUT2D eigenvalue weighted by atomic mass is 19.1. The van der Waals surface area contributed by atoms with Gasteiger partial charge < -0.3 is 5.32 Å². The maximum atomic E-state index is 13.5. The number of halogens is 3. The van der Waals surface area contributed by atoms with E-state index in [4.69, 9.17) is 0 Å². The summed E-state index contributed by atoms with van der Waals surface area (Å²) in [6.07, 6.45) is 0.593. The van der Waals surface area contributed by atoms with Crippen LogP contribution >= 0.6 is 0 Å². The molecule has 1 rings (SSSR count). The Hall–Kier alpha value is -1.03. The first-order valence-electron chi connectivity index (χ1n) is 5.27. The van der Waals surface area contributed by atoms with Crippen molar-refractivity contribution in [3.8, 4) is 0 Å². The van der Waals surface area contributed by atoms with Crippen molar-refractivity contribution in [1.29, 1.82) is 0 Å². The Morgan fingerprint density at radius 1 is 1.12 bits per heavy atom. The fourth-order valence-electron chi connectivity index (χ4n) is 1.74. The highest BCUT2D eigenvalue weighted by Gasteiger charge is 2.20. The van der Waals surface area contributed by atoms with E-state index in [9.17, 15) is 13.2 Å². The van der Waals surface area contributed by atoms with Gasteiger partial charge in [0.1, 0.15) is 17.5 Å². The molecule has 1 nitrogen and oxygen atoms in total. The minimum absolute atomic E-state index is 0.0856. The lowest BCUT2D eigenvalue weighted by molar-refractivity contribution is 0.416. The summed E-state index contributed by atoms with van der Waals surface area (Å²) < 4.78 is 39.7. The Balaban J connectivity index is 3.09. The number of hydrogen-bond acceptors (Lipinski definition) is 1. The van der Waals surface area contributed by atoms with Crippen molar-refractivity contribution in [2.24, 2.45) is 5.92 Å². The van der Waals surface area contributed by atoms with Crippen molar-refractivity contribution in [2.75, 3.05) is 7.05 Å². The molecule has 0 fully saturated rings. The van der Waals surface area contributed by atoms with Crippen LogP contribution < -0.4 is 5.32 Å². The first-order chi connectivity index (χ1) is 7.45. The molecule has 4 heteroatoms. The average molecular weight is 231 g/mol. The standard InChI is InChI=1S/C12H16F3N/c1-7(2)4-11(16-3)12-9(14)5-8(13)6-10(12)15/h5-7,11,16H,4H2,1-3H3. The average Bonchev–Trinajstić information content (AvgIpc) is 2.13. The molecule has 0 radical (unpaired) electrons. The van der Waals surface area contributed by atoms with Crippen LogP contribution in [0.15, 0.2) is 12.1 Å². The molecule has 1 aromatic carbocycles. The Kier molecular flexibility index (Phi) is 4.35. The van der Waals surface area contributed by atoms with Gasteiger partial charge in [0.25, 0.3) is 0 Å². The zero-order valence-corrected chi connectivity index (χ0v) is 9.65. The molecule has 1 unspecified atom stereocenters. The smallest absolute Gasteiger partial charge is 0.133 e. The molecule has 1 N–H and O–H groups in total. The van der Waals surface area contributed by atoms with E-state index >= 15 is 0 Å². The van der Waals surface area contributed by atoms with Crippen molar-refractivity contribution >= 4 is 0 Å². The fraction of sp³-hybridized carbons (Fsp3) is 0.500. The third-order valence-electron chi connectivity index (χ3n) is 2.45. The molecule has 0 aliphatic heterocycles. The second kappa shape index (κ2) is 5.34. The first-order valence-corrected chi connectivity index (χ1v) is 5.27. The van der Waals surface area contributed by atoms with Gasteiger partial charge in [-0.05, 0) is 19.4 Å². The number of benzene rings is 1. The highest BCUT2D eigenvalue weighted by molar-refractivity contribution is 5.24. The van der Waals surface area contributed by atoms with Crippen molar-refractivity contribution in [1.82, 2.24) is 5.32 Å². The lowest BCUT2D eigenvalue weighted by atomic mass is 9.96. The Bertz CT molecular complexity index is 340. The van der Waals surface area contributed by atoms with E-state index in [1.807, 2.05) is 13.8 Å². The van der Waals surface area contributed by atoms with Crippen LogP contribution in [0, 0.1) is 23.4 Å². The minimum atomic E-state index is -0.891. The van der Waals surface area contributed by atoms with E-state index in [-0.39, 0.29) is 5.56 Å². The van der Waals surface area contributed by atoms with Gasteiger partial charge >= 0.3 is 0 Å². The van der Waals surface area contributed by atoms with Crippen molar-refractivity contribution in [2.45, 2.75) is 26.3 Å². The molecule has 16 heavy (non-hydrogen) atoms. The number of rotatable bonds is 4. The summed E-state index contributed by atoms with van der Waals surface area (Å²) in [6, 6.07) is 0.993. The van der Waals surface area contributed by atoms with Crippen LogP contribution in [0.25, 0.3) is 0 Å². The zero-order chi connectivity index (χ0) is 12.3. The van der Waals surface area contributed by atoms with Gasteiger partial charge in [-0.2, -0.15) is 0 Å². The normalized spacial score (nSPS) is 13.2. The third-order valence-corrected chi connectivity index (χ3v) is 2.45. The molecule has 0 aliphatic rings. The largest absolute Gasteiger partial charge is 0.313 e. The Morgan fingerprint density at radius 3 is 2.00 bits per heavy atom. The summed E-state index contributed by atoms with van der Waals surface area (Å²) in [5.74, 6) is -2.27. The van der Waals surface area contributed by atoms with E-state index in [0.29, 0.717) is 24.5 Å². The summed E-state index contributed by atoms with van der Waals surface area (Å²) >= 11 is 0. The molecule has 90 valence electrons. The molecular weight excluding hydrogens is 215 g/mol. The molecule has 0 saturated heterocycles. The van der Waals surface area contributed by atoms with Gasteiger partial charge in [0, 0.05) is 23.7 Å². The molecule has 0 heterocycles. The van der Waals surface area contributed by atoms with E-state index in [2.05, 4.69) is 5.32 Å². The molecule has 0 spiro atoms. The third kappa shape index (κ3) is 2.98. The predicted octanol–water partition coefficient (Wildman–Crippen LogP) is 3.41. The van der Waals surface area contributed by atoms with E-state index < -0.39 is 23.5 Å². The van der Waals surface area contributed by atoms with E-state index in [1.165, 1.54) is 0 Å². The van der Waals surface area contributed by atoms with Gasteiger partial charge in [0.05, 0.1) is 0 Å². The van der Waals surface area contributed by atoms with Gasteiger partial charge in [0.2, 0.25) is 0 Å². The predicted molar refractivity (Wildman–Crippen MR) is 57.6 cm³/mol. The van der Waals surface area contributed by atoms with Crippen LogP contribution in [-0.4, -0.2) is 7.05 Å². The number of nitrogens with one attached hydrogen (secondary N) is 1. The SMILES string of the molecule is CNC(CC(C)C)c1c(F)cc(F)cc1F. The lowest BCUT2D eigenvalue weighted by Crippen LogP contribution is -2.21. The highest BCUT2D eigenvalue weighted by Crippen LogP contribution is 2.26. The van der Waals surface area contributed by atoms with Crippen LogP contribution in [0.1, 0.15) is 31.9 Å². The van der Waals surface area contributed by atoms with Crippen LogP contribution in [0.4, 0.5) is 13.2 Å². The summed E-state index contributed by atoms with van der Waals surface area (Å²) in [5.41, 5.74) is -0.0856. The van der Waals surface area contributed by atoms with E-state index in [1.54, 1.807) is 7.05 Å². The van der Waals surface area contributed by atoms with Crippen LogP contribution in [0.2, 0.25) is 0 Å². The van der Waals surface area contributed by atoms with Crippen molar-refractivity contribution < 1.29 is 13.2 Å². The molecule has 0 bridgehead atoms. The second-order valence-corrected chi connectivity index (χ2v) is 4.25. The summed E-state index contributed by atoms with van der Waals surface area (Å²) in [6.45, 7) is 3.92. The van der Waals surface area contributed by atoms with Crippen LogP contribution in [-0.2, 0) is 0 Å². The van der Waals surface area contributed by atoms with Crippen LogP contribution in [0.3, 0.4) is 0 Å². The molecule has 1 atom stereocenters.